The maximum atomic E-state index is 12.6. The Morgan fingerprint density at radius 2 is 1.83 bits per heavy atom. The molecular weight excluding hydrogens is 378 g/mol. The number of anilines is 2. The highest BCUT2D eigenvalue weighted by molar-refractivity contribution is 6.03. The fraction of sp³-hybridized carbons (Fsp3) is 0.222. The van der Waals surface area contributed by atoms with Gasteiger partial charge in [-0.1, -0.05) is 6.07 Å². The number of carbonyl (C=O) groups excluding carboxylic acids is 2. The number of amides is 2. The fourth-order valence-electron chi connectivity index (χ4n) is 2.72. The fourth-order valence-corrected chi connectivity index (χ4v) is 2.72. The van der Waals surface area contributed by atoms with Crippen molar-refractivity contribution in [2.75, 3.05) is 10.6 Å². The van der Waals surface area contributed by atoms with Crippen LogP contribution in [0, 0.1) is 17.0 Å². The largest absolute Gasteiger partial charge is 0.390 e. The van der Waals surface area contributed by atoms with E-state index >= 15 is 0 Å². The summed E-state index contributed by atoms with van der Waals surface area (Å²) in [6.45, 7) is 3.23. The second kappa shape index (κ2) is 7.92. The Balaban J connectivity index is 1.70. The van der Waals surface area contributed by atoms with Crippen LogP contribution in [0.2, 0.25) is 0 Å². The molecule has 0 radical (unpaired) electrons. The van der Waals surface area contributed by atoms with E-state index < -0.39 is 16.9 Å². The van der Waals surface area contributed by atoms with Crippen LogP contribution in [-0.2, 0) is 11.8 Å². The minimum Gasteiger partial charge on any atom is -0.358 e. The molecule has 0 saturated carbocycles. The minimum absolute atomic E-state index is 0.270. The molecule has 2 aromatic heterocycles. The number of nitro groups is 1. The smallest absolute Gasteiger partial charge is 0.358 e. The van der Waals surface area contributed by atoms with E-state index in [9.17, 15) is 19.7 Å². The molecule has 0 fully saturated rings. The number of rotatable bonds is 6. The van der Waals surface area contributed by atoms with E-state index in [1.54, 1.807) is 57.4 Å². The van der Waals surface area contributed by atoms with E-state index in [1.807, 2.05) is 0 Å². The number of carbonyl (C=O) groups is 2. The van der Waals surface area contributed by atoms with E-state index in [-0.39, 0.29) is 17.4 Å². The Hall–Kier alpha value is -4.02. The van der Waals surface area contributed by atoms with Gasteiger partial charge in [-0.25, -0.2) is 0 Å². The van der Waals surface area contributed by atoms with Crippen LogP contribution in [0.1, 0.15) is 29.1 Å². The Kier molecular flexibility index (Phi) is 5.39. The minimum atomic E-state index is -0.768. The van der Waals surface area contributed by atoms with Crippen molar-refractivity contribution in [3.63, 3.8) is 0 Å². The summed E-state index contributed by atoms with van der Waals surface area (Å²) < 4.78 is 2.81. The molecule has 150 valence electrons. The lowest BCUT2D eigenvalue weighted by Crippen LogP contribution is -2.25. The predicted octanol–water partition coefficient (Wildman–Crippen LogP) is 2.29. The molecule has 0 aliphatic rings. The molecule has 0 saturated heterocycles. The molecule has 0 spiro atoms. The topological polar surface area (TPSA) is 137 Å². The summed E-state index contributed by atoms with van der Waals surface area (Å²) in [4.78, 5) is 35.0. The number of nitrogens with zero attached hydrogens (tertiary/aromatic N) is 5. The van der Waals surface area contributed by atoms with Crippen molar-refractivity contribution in [3.05, 3.63) is 64.1 Å². The zero-order valence-electron chi connectivity index (χ0n) is 16.0. The molecule has 2 amide bonds. The highest BCUT2D eigenvalue weighted by atomic mass is 16.6. The SMILES string of the molecule is Cc1cc([N+](=O)[O-])nn1C(C)C(=O)Nc1cccc(NC(=O)c2ccn(C)n2)c1. The molecule has 1 aromatic carbocycles. The van der Waals surface area contributed by atoms with Crippen molar-refractivity contribution < 1.29 is 14.5 Å². The normalized spacial score (nSPS) is 11.7. The lowest BCUT2D eigenvalue weighted by atomic mass is 10.2. The van der Waals surface area contributed by atoms with Gasteiger partial charge in [0, 0.05) is 24.6 Å². The van der Waals surface area contributed by atoms with Gasteiger partial charge in [-0.15, -0.1) is 0 Å². The van der Waals surface area contributed by atoms with Gasteiger partial charge >= 0.3 is 5.82 Å². The van der Waals surface area contributed by atoms with Gasteiger partial charge in [0.25, 0.3) is 11.8 Å². The first-order valence-electron chi connectivity index (χ1n) is 8.67. The molecule has 29 heavy (non-hydrogen) atoms. The first-order chi connectivity index (χ1) is 13.7. The summed E-state index contributed by atoms with van der Waals surface area (Å²) in [6.07, 6.45) is 1.66. The van der Waals surface area contributed by atoms with Crippen molar-refractivity contribution in [3.8, 4) is 0 Å². The molecule has 1 atom stereocenters. The zero-order chi connectivity index (χ0) is 21.1. The van der Waals surface area contributed by atoms with E-state index in [1.165, 1.54) is 15.4 Å². The first-order valence-corrected chi connectivity index (χ1v) is 8.67. The van der Waals surface area contributed by atoms with Crippen LogP contribution in [-0.4, -0.2) is 36.3 Å². The van der Waals surface area contributed by atoms with Crippen molar-refractivity contribution >= 4 is 29.0 Å². The van der Waals surface area contributed by atoms with Gasteiger partial charge in [0.15, 0.2) is 5.69 Å². The third kappa shape index (κ3) is 4.46. The number of aryl methyl sites for hydroxylation is 2. The molecule has 0 bridgehead atoms. The van der Waals surface area contributed by atoms with Crippen LogP contribution in [0.15, 0.2) is 42.6 Å². The van der Waals surface area contributed by atoms with E-state index in [4.69, 9.17) is 0 Å². The van der Waals surface area contributed by atoms with Crippen LogP contribution in [0.3, 0.4) is 0 Å². The van der Waals surface area contributed by atoms with E-state index in [2.05, 4.69) is 20.8 Å². The lowest BCUT2D eigenvalue weighted by Gasteiger charge is -2.12. The molecule has 2 heterocycles. The molecule has 0 aliphatic carbocycles. The molecule has 11 heteroatoms. The van der Waals surface area contributed by atoms with Crippen LogP contribution in [0.4, 0.5) is 17.2 Å². The van der Waals surface area contributed by atoms with Gasteiger partial charge in [-0.3, -0.25) is 14.3 Å². The van der Waals surface area contributed by atoms with Gasteiger partial charge in [0.1, 0.15) is 6.04 Å². The highest BCUT2D eigenvalue weighted by Gasteiger charge is 2.24. The Morgan fingerprint density at radius 3 is 2.41 bits per heavy atom. The summed E-state index contributed by atoms with van der Waals surface area (Å²) in [5, 5.41) is 24.2. The average molecular weight is 397 g/mol. The van der Waals surface area contributed by atoms with E-state index in [0.717, 1.165) is 0 Å². The van der Waals surface area contributed by atoms with Crippen molar-refractivity contribution in [2.24, 2.45) is 7.05 Å². The zero-order valence-corrected chi connectivity index (χ0v) is 16.0. The molecule has 11 nitrogen and oxygen atoms in total. The highest BCUT2D eigenvalue weighted by Crippen LogP contribution is 2.20. The quantitative estimate of drug-likeness (QED) is 0.484. The molecule has 3 aromatic rings. The maximum absolute atomic E-state index is 12.6. The summed E-state index contributed by atoms with van der Waals surface area (Å²) in [7, 11) is 1.71. The summed E-state index contributed by atoms with van der Waals surface area (Å²) in [6, 6.07) is 8.75. The molecule has 2 N–H and O–H groups in total. The Morgan fingerprint density at radius 1 is 1.14 bits per heavy atom. The van der Waals surface area contributed by atoms with E-state index in [0.29, 0.717) is 17.1 Å². The van der Waals surface area contributed by atoms with Gasteiger partial charge in [-0.05, 0) is 43.0 Å². The average Bonchev–Trinajstić information content (AvgIpc) is 3.27. The molecule has 3 rings (SSSR count). The predicted molar refractivity (Wildman–Crippen MR) is 105 cm³/mol. The van der Waals surface area contributed by atoms with Crippen molar-refractivity contribution in [2.45, 2.75) is 19.9 Å². The van der Waals surface area contributed by atoms with Crippen molar-refractivity contribution in [1.82, 2.24) is 19.6 Å². The number of nitrogens with one attached hydrogen (secondary N) is 2. The number of aromatic nitrogens is 4. The number of hydrogen-bond donors (Lipinski definition) is 2. The third-order valence-electron chi connectivity index (χ3n) is 4.18. The van der Waals surface area contributed by atoms with Crippen LogP contribution in [0.25, 0.3) is 0 Å². The Labute approximate surface area is 165 Å². The summed E-state index contributed by atoms with van der Waals surface area (Å²) in [5.74, 6) is -1.09. The third-order valence-corrected chi connectivity index (χ3v) is 4.18. The monoisotopic (exact) mass is 397 g/mol. The molecule has 1 unspecified atom stereocenters. The second-order valence-electron chi connectivity index (χ2n) is 6.42. The van der Waals surface area contributed by atoms with Crippen LogP contribution in [0.5, 0.6) is 0 Å². The van der Waals surface area contributed by atoms with Crippen LogP contribution < -0.4 is 10.6 Å². The number of benzene rings is 1. The lowest BCUT2D eigenvalue weighted by molar-refractivity contribution is -0.389. The van der Waals surface area contributed by atoms with Gasteiger partial charge in [0.05, 0.1) is 16.9 Å². The molecule has 0 aliphatic heterocycles. The van der Waals surface area contributed by atoms with Gasteiger partial charge in [-0.2, -0.15) is 9.78 Å². The van der Waals surface area contributed by atoms with Crippen LogP contribution >= 0.6 is 0 Å². The standard InChI is InChI=1S/C18H19N7O4/c1-11-9-16(25(28)29)22-24(11)12(2)17(26)19-13-5-4-6-14(10-13)20-18(27)15-7-8-23(3)21-15/h4-10,12H,1-3H3,(H,19,26)(H,20,27). The Bertz CT molecular complexity index is 1090. The summed E-state index contributed by atoms with van der Waals surface area (Å²) in [5.41, 5.74) is 1.71. The van der Waals surface area contributed by atoms with Crippen molar-refractivity contribution in [1.29, 1.82) is 0 Å². The maximum Gasteiger partial charge on any atom is 0.390 e. The van der Waals surface area contributed by atoms with Gasteiger partial charge < -0.3 is 20.7 Å². The molecular formula is C18H19N7O4. The second-order valence-corrected chi connectivity index (χ2v) is 6.42. The first kappa shape index (κ1) is 19.7. The summed E-state index contributed by atoms with van der Waals surface area (Å²) >= 11 is 0. The van der Waals surface area contributed by atoms with Gasteiger partial charge in [0.2, 0.25) is 0 Å². The number of hydrogen-bond acceptors (Lipinski definition) is 6.